The zero-order valence-electron chi connectivity index (χ0n) is 7.13. The number of rotatable bonds is 2. The van der Waals surface area contributed by atoms with Gasteiger partial charge >= 0.3 is 0 Å². The lowest BCUT2D eigenvalue weighted by atomic mass is 10.0. The van der Waals surface area contributed by atoms with E-state index in [2.05, 4.69) is 0 Å². The molecule has 0 aromatic heterocycles. The van der Waals surface area contributed by atoms with Crippen molar-refractivity contribution in [2.75, 3.05) is 0 Å². The molecule has 0 saturated heterocycles. The van der Waals surface area contributed by atoms with Crippen LogP contribution in [0.5, 0.6) is 0 Å². The number of benzene rings is 1. The Hall–Kier alpha value is -0.600. The van der Waals surface area contributed by atoms with Gasteiger partial charge < -0.3 is 5.73 Å². The van der Waals surface area contributed by atoms with Gasteiger partial charge in [0.1, 0.15) is 5.82 Å². The summed E-state index contributed by atoms with van der Waals surface area (Å²) in [6.07, 6.45) is 2.21. The highest BCUT2D eigenvalue weighted by Gasteiger charge is 2.31. The highest BCUT2D eigenvalue weighted by atomic mass is 35.5. The minimum atomic E-state index is -0.246. The topological polar surface area (TPSA) is 26.0 Å². The lowest BCUT2D eigenvalue weighted by Crippen LogP contribution is -2.14. The lowest BCUT2D eigenvalue weighted by Gasteiger charge is -2.11. The summed E-state index contributed by atoms with van der Waals surface area (Å²) in [5.74, 6) is 0.205. The van der Waals surface area contributed by atoms with Crippen LogP contribution in [0.1, 0.15) is 24.4 Å². The predicted octanol–water partition coefficient (Wildman–Crippen LogP) is 2.89. The highest BCUT2D eigenvalue weighted by Crippen LogP contribution is 2.40. The predicted molar refractivity (Wildman–Crippen MR) is 51.1 cm³/mol. The Morgan fingerprint density at radius 1 is 1.46 bits per heavy atom. The second-order valence-corrected chi connectivity index (χ2v) is 3.97. The minimum Gasteiger partial charge on any atom is -0.324 e. The molecule has 3 heteroatoms. The van der Waals surface area contributed by atoms with E-state index in [1.54, 1.807) is 12.1 Å². The van der Waals surface area contributed by atoms with Crippen LogP contribution in [0.25, 0.3) is 0 Å². The van der Waals surface area contributed by atoms with Crippen LogP contribution >= 0.6 is 11.6 Å². The summed E-state index contributed by atoms with van der Waals surface area (Å²) >= 11 is 5.76. The molecule has 1 fully saturated rings. The van der Waals surface area contributed by atoms with Crippen LogP contribution in [0, 0.1) is 11.7 Å². The molecule has 70 valence electrons. The Balaban J connectivity index is 2.31. The summed E-state index contributed by atoms with van der Waals surface area (Å²) in [6, 6.07) is 4.36. The van der Waals surface area contributed by atoms with Crippen molar-refractivity contribution in [3.8, 4) is 0 Å². The average Bonchev–Trinajstić information content (AvgIpc) is 2.91. The molecule has 1 saturated carbocycles. The monoisotopic (exact) mass is 199 g/mol. The summed E-state index contributed by atoms with van der Waals surface area (Å²) in [4.78, 5) is 0. The van der Waals surface area contributed by atoms with Gasteiger partial charge in [0.05, 0.1) is 0 Å². The maximum atomic E-state index is 13.3. The fourth-order valence-electron chi connectivity index (χ4n) is 1.48. The van der Waals surface area contributed by atoms with Crippen molar-refractivity contribution in [1.82, 2.24) is 0 Å². The summed E-state index contributed by atoms with van der Waals surface area (Å²) in [6.45, 7) is 0. The van der Waals surface area contributed by atoms with E-state index in [1.165, 1.54) is 6.07 Å². The summed E-state index contributed by atoms with van der Waals surface area (Å²) < 4.78 is 13.3. The first-order valence-electron chi connectivity index (χ1n) is 4.39. The molecule has 0 heterocycles. The van der Waals surface area contributed by atoms with E-state index in [9.17, 15) is 4.39 Å². The molecule has 1 aromatic rings. The molecule has 1 aromatic carbocycles. The molecule has 0 amide bonds. The molecule has 1 aliphatic rings. The Morgan fingerprint density at radius 3 is 2.77 bits per heavy atom. The van der Waals surface area contributed by atoms with Crippen molar-refractivity contribution < 1.29 is 4.39 Å². The van der Waals surface area contributed by atoms with Crippen molar-refractivity contribution in [3.05, 3.63) is 34.6 Å². The van der Waals surface area contributed by atoms with Crippen LogP contribution in [-0.2, 0) is 0 Å². The molecule has 1 aliphatic carbocycles. The molecule has 0 aliphatic heterocycles. The molecule has 1 nitrogen and oxygen atoms in total. The first-order valence-corrected chi connectivity index (χ1v) is 4.77. The van der Waals surface area contributed by atoms with Crippen molar-refractivity contribution in [2.24, 2.45) is 11.7 Å². The maximum absolute atomic E-state index is 13.3. The van der Waals surface area contributed by atoms with Crippen molar-refractivity contribution >= 4 is 11.6 Å². The van der Waals surface area contributed by atoms with E-state index >= 15 is 0 Å². The van der Waals surface area contributed by atoms with Crippen LogP contribution in [0.4, 0.5) is 4.39 Å². The van der Waals surface area contributed by atoms with E-state index in [-0.39, 0.29) is 11.9 Å². The van der Waals surface area contributed by atoms with Crippen molar-refractivity contribution in [3.63, 3.8) is 0 Å². The van der Waals surface area contributed by atoms with Gasteiger partial charge in [0.25, 0.3) is 0 Å². The lowest BCUT2D eigenvalue weighted by molar-refractivity contribution is 0.554. The molecule has 0 spiro atoms. The van der Waals surface area contributed by atoms with Crippen LogP contribution in [0.2, 0.25) is 5.02 Å². The molecule has 0 radical (unpaired) electrons. The molecular formula is C10H11ClFN. The van der Waals surface area contributed by atoms with Gasteiger partial charge in [-0.25, -0.2) is 4.39 Å². The van der Waals surface area contributed by atoms with Gasteiger partial charge in [0.15, 0.2) is 0 Å². The third-order valence-electron chi connectivity index (χ3n) is 2.45. The summed E-state index contributed by atoms with van der Waals surface area (Å²) in [5.41, 5.74) is 6.42. The van der Waals surface area contributed by atoms with Crippen LogP contribution < -0.4 is 5.73 Å². The highest BCUT2D eigenvalue weighted by molar-refractivity contribution is 6.30. The quantitative estimate of drug-likeness (QED) is 0.779. The van der Waals surface area contributed by atoms with Gasteiger partial charge in [-0.1, -0.05) is 11.6 Å². The van der Waals surface area contributed by atoms with E-state index in [0.29, 0.717) is 16.5 Å². The number of hydrogen-bond donors (Lipinski definition) is 1. The number of hydrogen-bond acceptors (Lipinski definition) is 1. The molecule has 13 heavy (non-hydrogen) atoms. The molecule has 1 atom stereocenters. The second-order valence-electron chi connectivity index (χ2n) is 3.53. The van der Waals surface area contributed by atoms with E-state index in [4.69, 9.17) is 17.3 Å². The molecule has 2 N–H and O–H groups in total. The van der Waals surface area contributed by atoms with Gasteiger partial charge in [-0.15, -0.1) is 0 Å². The second kappa shape index (κ2) is 3.28. The standard InChI is InChI=1S/C10H11ClFN/c11-7-3-4-9(12)8(5-7)10(13)6-1-2-6/h3-6,10H,1-2,13H2/t10-/m0/s1. The fourth-order valence-corrected chi connectivity index (χ4v) is 1.66. The molecular weight excluding hydrogens is 189 g/mol. The van der Waals surface area contributed by atoms with Gasteiger partial charge in [-0.3, -0.25) is 0 Å². The van der Waals surface area contributed by atoms with E-state index in [1.807, 2.05) is 0 Å². The molecule has 0 unspecified atom stereocenters. The first-order chi connectivity index (χ1) is 6.18. The number of halogens is 2. The van der Waals surface area contributed by atoms with Gasteiger partial charge in [-0.2, -0.15) is 0 Å². The van der Waals surface area contributed by atoms with Crippen LogP contribution in [0.15, 0.2) is 18.2 Å². The van der Waals surface area contributed by atoms with Crippen LogP contribution in [-0.4, -0.2) is 0 Å². The summed E-state index contributed by atoms with van der Waals surface area (Å²) in [5, 5.41) is 0.549. The Bertz CT molecular complexity index is 323. The van der Waals surface area contributed by atoms with Crippen molar-refractivity contribution in [1.29, 1.82) is 0 Å². The smallest absolute Gasteiger partial charge is 0.128 e. The molecule has 2 rings (SSSR count). The van der Waals surface area contributed by atoms with Gasteiger partial charge in [-0.05, 0) is 37.0 Å². The Morgan fingerprint density at radius 2 is 2.15 bits per heavy atom. The van der Waals surface area contributed by atoms with Crippen LogP contribution in [0.3, 0.4) is 0 Å². The normalized spacial score (nSPS) is 18.7. The fraction of sp³-hybridized carbons (Fsp3) is 0.400. The maximum Gasteiger partial charge on any atom is 0.128 e. The third-order valence-corrected chi connectivity index (χ3v) is 2.68. The minimum absolute atomic E-state index is 0.182. The SMILES string of the molecule is N[C@H](c1cc(Cl)ccc1F)C1CC1. The van der Waals surface area contributed by atoms with E-state index in [0.717, 1.165) is 12.8 Å². The summed E-state index contributed by atoms with van der Waals surface area (Å²) in [7, 11) is 0. The van der Waals surface area contributed by atoms with E-state index < -0.39 is 0 Å². The number of nitrogens with two attached hydrogens (primary N) is 1. The zero-order chi connectivity index (χ0) is 9.42. The Labute approximate surface area is 81.7 Å². The van der Waals surface area contributed by atoms with Gasteiger partial charge in [0.2, 0.25) is 0 Å². The molecule has 0 bridgehead atoms. The van der Waals surface area contributed by atoms with Gasteiger partial charge in [0, 0.05) is 16.6 Å². The Kier molecular flexibility index (Phi) is 2.26. The zero-order valence-corrected chi connectivity index (χ0v) is 7.89. The third kappa shape index (κ3) is 1.84. The average molecular weight is 200 g/mol. The largest absolute Gasteiger partial charge is 0.324 e. The van der Waals surface area contributed by atoms with Crippen molar-refractivity contribution in [2.45, 2.75) is 18.9 Å². The first kappa shape index (κ1) is 8.97.